The van der Waals surface area contributed by atoms with Crippen molar-refractivity contribution in [3.05, 3.63) is 45.4 Å². The number of amides is 1. The quantitative estimate of drug-likeness (QED) is 0.614. The smallest absolute Gasteiger partial charge is 0.258 e. The number of piperazine rings is 1. The van der Waals surface area contributed by atoms with Crippen molar-refractivity contribution in [2.24, 2.45) is 0 Å². The van der Waals surface area contributed by atoms with Crippen LogP contribution in [-0.2, 0) is 0 Å². The first-order chi connectivity index (χ1) is 13.6. The van der Waals surface area contributed by atoms with Crippen molar-refractivity contribution in [3.63, 3.8) is 0 Å². The highest BCUT2D eigenvalue weighted by Crippen LogP contribution is 2.46. The van der Waals surface area contributed by atoms with Gasteiger partial charge in [-0.2, -0.15) is 0 Å². The highest BCUT2D eigenvalue weighted by atomic mass is 35.5. The third kappa shape index (κ3) is 2.87. The van der Waals surface area contributed by atoms with Gasteiger partial charge in [0, 0.05) is 43.2 Å². The molecule has 0 aliphatic carbocycles. The standard InChI is InChI=1S/C20H17Cl2N3O2S/c21-14-8-13-19(27-7-4-11-9-23-5-6-25(11)20(13)26)17(22)16(14)12-2-1-3-15-18(12)24-10-28-15/h1-3,8,10-11,23H,4-7,9H2/t11-/m0/s1. The molecule has 1 aromatic heterocycles. The first-order valence-electron chi connectivity index (χ1n) is 9.14. The van der Waals surface area contributed by atoms with Gasteiger partial charge >= 0.3 is 0 Å². The molecule has 2 aromatic carbocycles. The van der Waals surface area contributed by atoms with Crippen LogP contribution < -0.4 is 10.1 Å². The summed E-state index contributed by atoms with van der Waals surface area (Å²) in [7, 11) is 0. The molecular weight excluding hydrogens is 417 g/mol. The van der Waals surface area contributed by atoms with Gasteiger partial charge in [-0.25, -0.2) is 4.98 Å². The molecule has 144 valence electrons. The summed E-state index contributed by atoms with van der Waals surface area (Å²) in [4.78, 5) is 19.6. The lowest BCUT2D eigenvalue weighted by Gasteiger charge is -2.38. The van der Waals surface area contributed by atoms with E-state index in [4.69, 9.17) is 27.9 Å². The largest absolute Gasteiger partial charge is 0.491 e. The molecular formula is C20H17Cl2N3O2S. The minimum Gasteiger partial charge on any atom is -0.491 e. The van der Waals surface area contributed by atoms with Gasteiger partial charge in [0.2, 0.25) is 0 Å². The molecule has 2 aliphatic heterocycles. The zero-order chi connectivity index (χ0) is 19.3. The van der Waals surface area contributed by atoms with E-state index in [1.807, 2.05) is 23.1 Å². The van der Waals surface area contributed by atoms with Crippen molar-refractivity contribution < 1.29 is 9.53 Å². The second-order valence-corrected chi connectivity index (χ2v) is 8.59. The lowest BCUT2D eigenvalue weighted by Crippen LogP contribution is -2.54. The Morgan fingerprint density at radius 2 is 2.18 bits per heavy atom. The van der Waals surface area contributed by atoms with E-state index in [1.54, 1.807) is 22.9 Å². The van der Waals surface area contributed by atoms with Crippen LogP contribution >= 0.6 is 34.5 Å². The van der Waals surface area contributed by atoms with Crippen LogP contribution in [0.4, 0.5) is 0 Å². The number of halogens is 2. The van der Waals surface area contributed by atoms with Crippen molar-refractivity contribution in [1.82, 2.24) is 15.2 Å². The summed E-state index contributed by atoms with van der Waals surface area (Å²) in [5.41, 5.74) is 4.57. The van der Waals surface area contributed by atoms with Gasteiger partial charge in [0.15, 0.2) is 5.75 Å². The molecule has 5 nitrogen and oxygen atoms in total. The van der Waals surface area contributed by atoms with E-state index in [2.05, 4.69) is 10.3 Å². The molecule has 1 saturated heterocycles. The zero-order valence-corrected chi connectivity index (χ0v) is 17.2. The molecule has 28 heavy (non-hydrogen) atoms. The Morgan fingerprint density at radius 3 is 3.07 bits per heavy atom. The topological polar surface area (TPSA) is 54.5 Å². The van der Waals surface area contributed by atoms with E-state index >= 15 is 0 Å². The Kier molecular flexibility index (Phi) is 4.67. The molecule has 1 atom stereocenters. The number of aromatic nitrogens is 1. The third-order valence-corrected chi connectivity index (χ3v) is 6.80. The second-order valence-electron chi connectivity index (χ2n) is 6.92. The number of para-hydroxylation sites is 1. The maximum absolute atomic E-state index is 13.2. The molecule has 0 spiro atoms. The normalized spacial score (nSPS) is 19.6. The summed E-state index contributed by atoms with van der Waals surface area (Å²) in [5.74, 6) is 0.332. The van der Waals surface area contributed by atoms with Crippen LogP contribution in [0.3, 0.4) is 0 Å². The number of carbonyl (C=O) groups excluding carboxylic acids is 1. The Balaban J connectivity index is 1.68. The maximum Gasteiger partial charge on any atom is 0.258 e. The number of carbonyl (C=O) groups is 1. The number of rotatable bonds is 1. The molecule has 5 rings (SSSR count). The molecule has 1 amide bonds. The average molecular weight is 434 g/mol. The third-order valence-electron chi connectivity index (χ3n) is 5.34. The SMILES string of the molecule is O=C1c2cc(Cl)c(-c3cccc4scnc34)c(Cl)c2OCC[C@H]2CNCCN12. The van der Waals surface area contributed by atoms with Crippen molar-refractivity contribution in [1.29, 1.82) is 0 Å². The highest BCUT2D eigenvalue weighted by Gasteiger charge is 2.33. The van der Waals surface area contributed by atoms with Gasteiger partial charge < -0.3 is 15.0 Å². The molecule has 1 fully saturated rings. The second kappa shape index (κ2) is 7.19. The van der Waals surface area contributed by atoms with E-state index in [0.29, 0.717) is 40.1 Å². The van der Waals surface area contributed by atoms with Gasteiger partial charge in [-0.3, -0.25) is 4.79 Å². The van der Waals surface area contributed by atoms with E-state index in [0.717, 1.165) is 35.3 Å². The molecule has 1 N–H and O–H groups in total. The van der Waals surface area contributed by atoms with Gasteiger partial charge in [-0.1, -0.05) is 35.3 Å². The summed E-state index contributed by atoms with van der Waals surface area (Å²) in [6.45, 7) is 2.71. The van der Waals surface area contributed by atoms with Gasteiger partial charge in [-0.15, -0.1) is 11.3 Å². The Labute approximate surface area is 176 Å². The summed E-state index contributed by atoms with van der Waals surface area (Å²) in [5, 5.41) is 4.13. The van der Waals surface area contributed by atoms with E-state index in [-0.39, 0.29) is 11.9 Å². The number of thiazole rings is 1. The number of ether oxygens (including phenoxy) is 1. The number of fused-ring (bicyclic) bond motifs is 3. The van der Waals surface area contributed by atoms with Crippen molar-refractivity contribution in [2.45, 2.75) is 12.5 Å². The first-order valence-corrected chi connectivity index (χ1v) is 10.8. The lowest BCUT2D eigenvalue weighted by atomic mass is 9.99. The monoisotopic (exact) mass is 433 g/mol. The first kappa shape index (κ1) is 18.2. The van der Waals surface area contributed by atoms with E-state index < -0.39 is 0 Å². The maximum atomic E-state index is 13.2. The Bertz CT molecular complexity index is 1080. The van der Waals surface area contributed by atoms with Crippen LogP contribution in [0, 0.1) is 0 Å². The van der Waals surface area contributed by atoms with Crippen LogP contribution in [0.25, 0.3) is 21.3 Å². The highest BCUT2D eigenvalue weighted by molar-refractivity contribution is 7.16. The van der Waals surface area contributed by atoms with Crippen LogP contribution in [0.5, 0.6) is 5.75 Å². The molecule has 8 heteroatoms. The van der Waals surface area contributed by atoms with Crippen molar-refractivity contribution in [2.75, 3.05) is 26.2 Å². The van der Waals surface area contributed by atoms with Gasteiger partial charge in [-0.05, 0) is 12.1 Å². The fraction of sp³-hybridized carbons (Fsp3) is 0.300. The number of hydrogen-bond donors (Lipinski definition) is 1. The molecule has 0 unspecified atom stereocenters. The van der Waals surface area contributed by atoms with Crippen LogP contribution in [0.1, 0.15) is 16.8 Å². The Hall–Kier alpha value is -1.86. The summed E-state index contributed by atoms with van der Waals surface area (Å²) in [6.07, 6.45) is 0.758. The van der Waals surface area contributed by atoms with Crippen molar-refractivity contribution >= 4 is 50.7 Å². The summed E-state index contributed by atoms with van der Waals surface area (Å²) in [6, 6.07) is 7.72. The van der Waals surface area contributed by atoms with E-state index in [9.17, 15) is 4.79 Å². The number of nitrogens with zero attached hydrogens (tertiary/aromatic N) is 2. The van der Waals surface area contributed by atoms with Crippen LogP contribution in [0.2, 0.25) is 10.0 Å². The zero-order valence-electron chi connectivity index (χ0n) is 14.9. The van der Waals surface area contributed by atoms with Gasteiger partial charge in [0.05, 0.1) is 37.9 Å². The fourth-order valence-electron chi connectivity index (χ4n) is 3.97. The number of hydrogen-bond acceptors (Lipinski definition) is 5. The predicted octanol–water partition coefficient (Wildman–Crippen LogP) is 4.47. The minimum atomic E-state index is -0.0802. The minimum absolute atomic E-state index is 0.0802. The van der Waals surface area contributed by atoms with Gasteiger partial charge in [0.1, 0.15) is 0 Å². The van der Waals surface area contributed by atoms with Crippen molar-refractivity contribution in [3.8, 4) is 16.9 Å². The van der Waals surface area contributed by atoms with Crippen LogP contribution in [-0.4, -0.2) is 48.1 Å². The molecule has 3 aromatic rings. The molecule has 2 aliphatic rings. The van der Waals surface area contributed by atoms with Gasteiger partial charge in [0.25, 0.3) is 5.91 Å². The summed E-state index contributed by atoms with van der Waals surface area (Å²) >= 11 is 15.0. The fourth-order valence-corrected chi connectivity index (χ4v) is 5.39. The average Bonchev–Trinajstić information content (AvgIpc) is 3.18. The molecule has 0 bridgehead atoms. The Morgan fingerprint density at radius 1 is 1.29 bits per heavy atom. The van der Waals surface area contributed by atoms with E-state index in [1.165, 1.54) is 0 Å². The van der Waals surface area contributed by atoms with Crippen LogP contribution in [0.15, 0.2) is 29.8 Å². The predicted molar refractivity (Wildman–Crippen MR) is 113 cm³/mol. The molecule has 0 saturated carbocycles. The number of benzene rings is 2. The lowest BCUT2D eigenvalue weighted by molar-refractivity contribution is 0.0576. The molecule has 0 radical (unpaired) electrons. The number of nitrogens with one attached hydrogen (secondary N) is 1. The molecule has 3 heterocycles. The summed E-state index contributed by atoms with van der Waals surface area (Å²) < 4.78 is 7.06.